The van der Waals surface area contributed by atoms with E-state index in [1.807, 2.05) is 19.1 Å². The fraction of sp³-hybridized carbons (Fsp3) is 0.600. The van der Waals surface area contributed by atoms with E-state index in [0.29, 0.717) is 0 Å². The minimum absolute atomic E-state index is 0.129. The lowest BCUT2D eigenvalue weighted by molar-refractivity contribution is 0.123. The Morgan fingerprint density at radius 1 is 1.54 bits per heavy atom. The zero-order valence-corrected chi connectivity index (χ0v) is 8.21. The van der Waals surface area contributed by atoms with Gasteiger partial charge in [-0.25, -0.2) is 0 Å². The van der Waals surface area contributed by atoms with Crippen molar-refractivity contribution in [3.8, 4) is 0 Å². The SMILES string of the molecule is CCCCc1ccc(C(C)NO)o1. The molecule has 0 bridgehead atoms. The molecule has 1 aromatic heterocycles. The van der Waals surface area contributed by atoms with Crippen molar-refractivity contribution in [3.05, 3.63) is 23.7 Å². The molecule has 1 heterocycles. The highest BCUT2D eigenvalue weighted by atomic mass is 16.5. The molecule has 0 aromatic carbocycles. The van der Waals surface area contributed by atoms with Crippen LogP contribution in [-0.2, 0) is 6.42 Å². The molecule has 0 aliphatic carbocycles. The molecule has 0 radical (unpaired) electrons. The van der Waals surface area contributed by atoms with Crippen LogP contribution in [0.25, 0.3) is 0 Å². The summed E-state index contributed by atoms with van der Waals surface area (Å²) in [5.41, 5.74) is 2.16. The monoisotopic (exact) mass is 183 g/mol. The number of unbranched alkanes of at least 4 members (excludes halogenated alkanes) is 1. The molecule has 3 nitrogen and oxygen atoms in total. The Hall–Kier alpha value is -0.800. The average Bonchev–Trinajstić information content (AvgIpc) is 2.62. The number of furan rings is 1. The number of hydrogen-bond acceptors (Lipinski definition) is 3. The van der Waals surface area contributed by atoms with Gasteiger partial charge < -0.3 is 9.62 Å². The number of hydroxylamine groups is 1. The molecule has 3 heteroatoms. The van der Waals surface area contributed by atoms with Crippen molar-refractivity contribution in [1.82, 2.24) is 5.48 Å². The van der Waals surface area contributed by atoms with Crippen molar-refractivity contribution in [1.29, 1.82) is 0 Å². The van der Waals surface area contributed by atoms with Gasteiger partial charge in [-0.05, 0) is 25.5 Å². The highest BCUT2D eigenvalue weighted by Gasteiger charge is 2.08. The molecule has 0 saturated heterocycles. The lowest BCUT2D eigenvalue weighted by Gasteiger charge is -2.03. The van der Waals surface area contributed by atoms with Crippen LogP contribution in [0.4, 0.5) is 0 Å². The van der Waals surface area contributed by atoms with E-state index in [1.165, 1.54) is 6.42 Å². The van der Waals surface area contributed by atoms with Crippen LogP contribution in [0.3, 0.4) is 0 Å². The van der Waals surface area contributed by atoms with Gasteiger partial charge in [-0.2, -0.15) is 5.48 Å². The third-order valence-electron chi connectivity index (χ3n) is 2.08. The maximum Gasteiger partial charge on any atom is 0.123 e. The summed E-state index contributed by atoms with van der Waals surface area (Å²) >= 11 is 0. The number of hydrogen-bond donors (Lipinski definition) is 2. The van der Waals surface area contributed by atoms with Gasteiger partial charge in [-0.15, -0.1) is 0 Å². The summed E-state index contributed by atoms with van der Waals surface area (Å²) in [6.45, 7) is 4.00. The molecule has 0 fully saturated rings. The number of rotatable bonds is 5. The summed E-state index contributed by atoms with van der Waals surface area (Å²) in [6, 6.07) is 3.74. The van der Waals surface area contributed by atoms with Gasteiger partial charge in [0.25, 0.3) is 0 Å². The molecule has 1 atom stereocenters. The third-order valence-corrected chi connectivity index (χ3v) is 2.08. The maximum absolute atomic E-state index is 8.66. The third kappa shape index (κ3) is 2.86. The van der Waals surface area contributed by atoms with E-state index < -0.39 is 0 Å². The van der Waals surface area contributed by atoms with Crippen LogP contribution < -0.4 is 5.48 Å². The Morgan fingerprint density at radius 3 is 2.92 bits per heavy atom. The van der Waals surface area contributed by atoms with Gasteiger partial charge in [-0.1, -0.05) is 13.3 Å². The van der Waals surface area contributed by atoms with Gasteiger partial charge in [0.2, 0.25) is 0 Å². The van der Waals surface area contributed by atoms with E-state index in [-0.39, 0.29) is 6.04 Å². The summed E-state index contributed by atoms with van der Waals surface area (Å²) in [4.78, 5) is 0. The molecular weight excluding hydrogens is 166 g/mol. The molecule has 1 aromatic rings. The number of nitrogens with one attached hydrogen (secondary N) is 1. The molecule has 2 N–H and O–H groups in total. The first kappa shape index (κ1) is 10.3. The normalized spacial score (nSPS) is 13.2. The zero-order chi connectivity index (χ0) is 9.68. The van der Waals surface area contributed by atoms with Gasteiger partial charge in [-0.3, -0.25) is 0 Å². The number of aryl methyl sites for hydroxylation is 1. The minimum atomic E-state index is -0.129. The lowest BCUT2D eigenvalue weighted by atomic mass is 10.2. The smallest absolute Gasteiger partial charge is 0.123 e. The van der Waals surface area contributed by atoms with Crippen LogP contribution in [0.2, 0.25) is 0 Å². The summed E-state index contributed by atoms with van der Waals surface area (Å²) in [6.07, 6.45) is 3.30. The molecule has 1 unspecified atom stereocenters. The van der Waals surface area contributed by atoms with E-state index >= 15 is 0 Å². The van der Waals surface area contributed by atoms with Crippen LogP contribution >= 0.6 is 0 Å². The van der Waals surface area contributed by atoms with E-state index in [0.717, 1.165) is 24.4 Å². The van der Waals surface area contributed by atoms with Crippen molar-refractivity contribution in [3.63, 3.8) is 0 Å². The van der Waals surface area contributed by atoms with Crippen molar-refractivity contribution in [2.24, 2.45) is 0 Å². The van der Waals surface area contributed by atoms with E-state index in [9.17, 15) is 0 Å². The molecular formula is C10H17NO2. The van der Waals surface area contributed by atoms with Crippen LogP contribution in [0, 0.1) is 0 Å². The minimum Gasteiger partial charge on any atom is -0.464 e. The van der Waals surface area contributed by atoms with Crippen LogP contribution in [0.15, 0.2) is 16.5 Å². The van der Waals surface area contributed by atoms with Gasteiger partial charge in [0.05, 0.1) is 6.04 Å². The zero-order valence-electron chi connectivity index (χ0n) is 8.21. The van der Waals surface area contributed by atoms with E-state index in [1.54, 1.807) is 0 Å². The molecule has 0 amide bonds. The Labute approximate surface area is 78.7 Å². The first-order chi connectivity index (χ1) is 6.27. The quantitative estimate of drug-likeness (QED) is 0.690. The van der Waals surface area contributed by atoms with Crippen LogP contribution in [0.5, 0.6) is 0 Å². The molecule has 0 aliphatic rings. The summed E-state index contributed by atoms with van der Waals surface area (Å²) < 4.78 is 5.52. The second kappa shape index (κ2) is 5.04. The van der Waals surface area contributed by atoms with E-state index in [4.69, 9.17) is 9.62 Å². The van der Waals surface area contributed by atoms with Crippen LogP contribution in [-0.4, -0.2) is 5.21 Å². The molecule has 74 valence electrons. The second-order valence-electron chi connectivity index (χ2n) is 3.26. The Bertz CT molecular complexity index is 245. The maximum atomic E-state index is 8.66. The predicted octanol–water partition coefficient (Wildman–Crippen LogP) is 2.66. The fourth-order valence-electron chi connectivity index (χ4n) is 1.18. The second-order valence-corrected chi connectivity index (χ2v) is 3.26. The van der Waals surface area contributed by atoms with Gasteiger partial charge in [0.1, 0.15) is 11.5 Å². The molecule has 0 aliphatic heterocycles. The standard InChI is InChI=1S/C10H17NO2/c1-3-4-5-9-6-7-10(13-9)8(2)11-12/h6-8,11-12H,3-5H2,1-2H3. The molecule has 0 spiro atoms. The van der Waals surface area contributed by atoms with Crippen molar-refractivity contribution in [2.45, 2.75) is 39.2 Å². The molecule has 1 rings (SSSR count). The molecule has 0 saturated carbocycles. The molecule has 13 heavy (non-hydrogen) atoms. The largest absolute Gasteiger partial charge is 0.464 e. The topological polar surface area (TPSA) is 45.4 Å². The lowest BCUT2D eigenvalue weighted by Crippen LogP contribution is -2.12. The summed E-state index contributed by atoms with van der Waals surface area (Å²) in [7, 11) is 0. The Balaban J connectivity index is 2.53. The average molecular weight is 183 g/mol. The predicted molar refractivity (Wildman–Crippen MR) is 50.7 cm³/mol. The fourth-order valence-corrected chi connectivity index (χ4v) is 1.18. The van der Waals surface area contributed by atoms with Gasteiger partial charge >= 0.3 is 0 Å². The highest BCUT2D eigenvalue weighted by Crippen LogP contribution is 2.16. The first-order valence-corrected chi connectivity index (χ1v) is 4.76. The highest BCUT2D eigenvalue weighted by molar-refractivity contribution is 5.09. The van der Waals surface area contributed by atoms with Crippen LogP contribution in [0.1, 0.15) is 44.3 Å². The summed E-state index contributed by atoms with van der Waals surface area (Å²) in [5.74, 6) is 1.78. The van der Waals surface area contributed by atoms with Crippen molar-refractivity contribution >= 4 is 0 Å². The Kier molecular flexibility index (Phi) is 3.99. The van der Waals surface area contributed by atoms with E-state index in [2.05, 4.69) is 12.4 Å². The first-order valence-electron chi connectivity index (χ1n) is 4.76. The van der Waals surface area contributed by atoms with Gasteiger partial charge in [0, 0.05) is 6.42 Å². The van der Waals surface area contributed by atoms with Crippen molar-refractivity contribution in [2.75, 3.05) is 0 Å². The van der Waals surface area contributed by atoms with Gasteiger partial charge in [0.15, 0.2) is 0 Å². The summed E-state index contributed by atoms with van der Waals surface area (Å²) in [5, 5.41) is 8.66. The Morgan fingerprint density at radius 2 is 2.31 bits per heavy atom. The van der Waals surface area contributed by atoms with Crippen molar-refractivity contribution < 1.29 is 9.62 Å².